The van der Waals surface area contributed by atoms with Gasteiger partial charge in [-0.25, -0.2) is 0 Å². The largest absolute Gasteiger partial charge is 0.315 e. The third kappa shape index (κ3) is 3.01. The van der Waals surface area contributed by atoms with Gasteiger partial charge in [0.05, 0.1) is 0 Å². The van der Waals surface area contributed by atoms with E-state index in [1.807, 2.05) is 25.2 Å². The molecule has 1 N–H and O–H groups in total. The molecule has 0 saturated carbocycles. The number of para-hydroxylation sites is 1. The molecule has 1 aromatic carbocycles. The fourth-order valence-electron chi connectivity index (χ4n) is 2.93. The predicted molar refractivity (Wildman–Crippen MR) is 87.8 cm³/mol. The van der Waals surface area contributed by atoms with Crippen molar-refractivity contribution in [1.29, 1.82) is 0 Å². The van der Waals surface area contributed by atoms with Crippen LogP contribution in [0, 0.1) is 0 Å². The summed E-state index contributed by atoms with van der Waals surface area (Å²) in [5, 5.41) is 5.73. The molecular weight excluding hydrogens is 280 g/mol. The lowest BCUT2D eigenvalue weighted by atomic mass is 9.95. The van der Waals surface area contributed by atoms with Crippen LogP contribution in [0.4, 0.5) is 5.69 Å². The van der Waals surface area contributed by atoms with E-state index in [9.17, 15) is 4.79 Å². The topological polar surface area (TPSA) is 32.3 Å². The molecular formula is C17H20N2OS. The number of thiophene rings is 1. The zero-order valence-electron chi connectivity index (χ0n) is 12.4. The molecule has 2 heterocycles. The van der Waals surface area contributed by atoms with Gasteiger partial charge in [-0.05, 0) is 36.4 Å². The quantitative estimate of drug-likeness (QED) is 0.939. The van der Waals surface area contributed by atoms with E-state index < -0.39 is 0 Å². The minimum atomic E-state index is 0.111. The molecule has 3 rings (SSSR count). The van der Waals surface area contributed by atoms with Gasteiger partial charge in [0.15, 0.2) is 0 Å². The number of nitrogens with zero attached hydrogens (tertiary/aromatic N) is 1. The lowest BCUT2D eigenvalue weighted by Crippen LogP contribution is -2.41. The van der Waals surface area contributed by atoms with Gasteiger partial charge < -0.3 is 10.2 Å². The third-order valence-electron chi connectivity index (χ3n) is 4.00. The van der Waals surface area contributed by atoms with Crippen LogP contribution in [0.15, 0.2) is 41.8 Å². The van der Waals surface area contributed by atoms with E-state index in [2.05, 4.69) is 35.8 Å². The molecule has 0 aliphatic carbocycles. The lowest BCUT2D eigenvalue weighted by molar-refractivity contribution is -0.119. The molecule has 0 radical (unpaired) electrons. The van der Waals surface area contributed by atoms with E-state index in [1.54, 1.807) is 16.2 Å². The van der Waals surface area contributed by atoms with E-state index in [1.165, 1.54) is 10.4 Å². The molecule has 2 atom stereocenters. The van der Waals surface area contributed by atoms with Crippen LogP contribution in [-0.2, 0) is 11.2 Å². The predicted octanol–water partition coefficient (Wildman–Crippen LogP) is 3.38. The SMILES string of the molecule is CC(Cc1cccs1)NC1CC(=O)N(C)c2ccccc21. The van der Waals surface area contributed by atoms with Crippen LogP contribution in [-0.4, -0.2) is 19.0 Å². The number of amides is 1. The van der Waals surface area contributed by atoms with Gasteiger partial charge in [-0.2, -0.15) is 0 Å². The molecule has 4 heteroatoms. The molecule has 2 unspecified atom stereocenters. The Kier molecular flexibility index (Phi) is 4.08. The summed E-state index contributed by atoms with van der Waals surface area (Å²) in [5.41, 5.74) is 2.24. The molecule has 0 spiro atoms. The summed E-state index contributed by atoms with van der Waals surface area (Å²) in [6.07, 6.45) is 1.53. The molecule has 1 amide bonds. The molecule has 21 heavy (non-hydrogen) atoms. The van der Waals surface area contributed by atoms with Crippen LogP contribution in [0.2, 0.25) is 0 Å². The van der Waals surface area contributed by atoms with Crippen LogP contribution < -0.4 is 10.2 Å². The first-order valence-electron chi connectivity index (χ1n) is 7.29. The number of rotatable bonds is 4. The Morgan fingerprint density at radius 1 is 1.33 bits per heavy atom. The number of anilines is 1. The number of nitrogens with one attached hydrogen (secondary N) is 1. The maximum absolute atomic E-state index is 12.2. The van der Waals surface area contributed by atoms with Gasteiger partial charge in [0, 0.05) is 36.1 Å². The molecule has 1 aliphatic rings. The van der Waals surface area contributed by atoms with Crippen molar-refractivity contribution in [2.24, 2.45) is 0 Å². The summed E-state index contributed by atoms with van der Waals surface area (Å²) >= 11 is 1.78. The second-order valence-corrected chi connectivity index (χ2v) is 6.65. The van der Waals surface area contributed by atoms with Crippen LogP contribution in [0.25, 0.3) is 0 Å². The van der Waals surface area contributed by atoms with Crippen molar-refractivity contribution in [2.75, 3.05) is 11.9 Å². The minimum Gasteiger partial charge on any atom is -0.315 e. The fraction of sp³-hybridized carbons (Fsp3) is 0.353. The smallest absolute Gasteiger partial charge is 0.228 e. The number of fused-ring (bicyclic) bond motifs is 1. The normalized spacial score (nSPS) is 19.4. The molecule has 2 aromatic rings. The van der Waals surface area contributed by atoms with Gasteiger partial charge in [-0.1, -0.05) is 24.3 Å². The average molecular weight is 300 g/mol. The maximum atomic E-state index is 12.2. The van der Waals surface area contributed by atoms with E-state index in [0.717, 1.165) is 12.1 Å². The maximum Gasteiger partial charge on any atom is 0.228 e. The summed E-state index contributed by atoms with van der Waals surface area (Å²) in [6.45, 7) is 2.19. The number of hydrogen-bond donors (Lipinski definition) is 1. The number of hydrogen-bond acceptors (Lipinski definition) is 3. The molecule has 1 aromatic heterocycles. The standard InChI is InChI=1S/C17H20N2OS/c1-12(10-13-6-5-9-21-13)18-15-11-17(20)19(2)16-8-4-3-7-14(15)16/h3-9,12,15,18H,10-11H2,1-2H3. The van der Waals surface area contributed by atoms with Gasteiger partial charge >= 0.3 is 0 Å². The van der Waals surface area contributed by atoms with E-state index in [-0.39, 0.29) is 11.9 Å². The van der Waals surface area contributed by atoms with Gasteiger partial charge in [-0.15, -0.1) is 11.3 Å². The Balaban J connectivity index is 1.76. The summed E-state index contributed by atoms with van der Waals surface area (Å²) in [4.78, 5) is 15.3. The molecule has 1 aliphatic heterocycles. The first kappa shape index (κ1) is 14.3. The van der Waals surface area contributed by atoms with Crippen LogP contribution in [0.3, 0.4) is 0 Å². The van der Waals surface area contributed by atoms with Gasteiger partial charge in [0.25, 0.3) is 0 Å². The Bertz CT molecular complexity index is 623. The number of carbonyl (C=O) groups excluding carboxylic acids is 1. The summed E-state index contributed by atoms with van der Waals surface area (Å²) in [7, 11) is 1.85. The van der Waals surface area contributed by atoms with Gasteiger partial charge in [-0.3, -0.25) is 4.79 Å². The monoisotopic (exact) mass is 300 g/mol. The second-order valence-electron chi connectivity index (χ2n) is 5.62. The van der Waals surface area contributed by atoms with Crippen LogP contribution >= 0.6 is 11.3 Å². The first-order valence-corrected chi connectivity index (χ1v) is 8.17. The highest BCUT2D eigenvalue weighted by Gasteiger charge is 2.29. The highest BCUT2D eigenvalue weighted by atomic mass is 32.1. The molecule has 0 fully saturated rings. The molecule has 3 nitrogen and oxygen atoms in total. The van der Waals surface area contributed by atoms with E-state index in [0.29, 0.717) is 12.5 Å². The van der Waals surface area contributed by atoms with Crippen molar-refractivity contribution in [2.45, 2.75) is 31.8 Å². The Morgan fingerprint density at radius 2 is 2.14 bits per heavy atom. The summed E-state index contributed by atoms with van der Waals surface area (Å²) in [6, 6.07) is 12.9. The van der Waals surface area contributed by atoms with Gasteiger partial charge in [0.2, 0.25) is 5.91 Å². The van der Waals surface area contributed by atoms with Crippen molar-refractivity contribution in [3.8, 4) is 0 Å². The molecule has 0 bridgehead atoms. The first-order chi connectivity index (χ1) is 10.1. The van der Waals surface area contributed by atoms with E-state index in [4.69, 9.17) is 0 Å². The lowest BCUT2D eigenvalue weighted by Gasteiger charge is -2.33. The highest BCUT2D eigenvalue weighted by molar-refractivity contribution is 7.09. The van der Waals surface area contributed by atoms with Crippen molar-refractivity contribution < 1.29 is 4.79 Å². The van der Waals surface area contributed by atoms with E-state index >= 15 is 0 Å². The van der Waals surface area contributed by atoms with Gasteiger partial charge in [0.1, 0.15) is 0 Å². The number of carbonyl (C=O) groups is 1. The minimum absolute atomic E-state index is 0.111. The zero-order valence-corrected chi connectivity index (χ0v) is 13.2. The average Bonchev–Trinajstić information content (AvgIpc) is 2.97. The third-order valence-corrected chi connectivity index (χ3v) is 4.90. The Labute approximate surface area is 129 Å². The van der Waals surface area contributed by atoms with Crippen molar-refractivity contribution >= 4 is 22.9 Å². The van der Waals surface area contributed by atoms with Crippen molar-refractivity contribution in [3.63, 3.8) is 0 Å². The summed E-state index contributed by atoms with van der Waals surface area (Å²) in [5.74, 6) is 0.175. The second kappa shape index (κ2) is 6.00. The highest BCUT2D eigenvalue weighted by Crippen LogP contribution is 2.33. The Morgan fingerprint density at radius 3 is 2.90 bits per heavy atom. The van der Waals surface area contributed by atoms with Crippen LogP contribution in [0.1, 0.15) is 29.8 Å². The molecule has 0 saturated heterocycles. The molecule has 110 valence electrons. The zero-order chi connectivity index (χ0) is 14.8. The van der Waals surface area contributed by atoms with Crippen molar-refractivity contribution in [1.82, 2.24) is 5.32 Å². The van der Waals surface area contributed by atoms with Crippen LogP contribution in [0.5, 0.6) is 0 Å². The van der Waals surface area contributed by atoms with Crippen molar-refractivity contribution in [3.05, 3.63) is 52.2 Å². The number of benzene rings is 1. The summed E-state index contributed by atoms with van der Waals surface area (Å²) < 4.78 is 0. The fourth-order valence-corrected chi connectivity index (χ4v) is 3.76. The Hall–Kier alpha value is -1.65.